The second-order valence-electron chi connectivity index (χ2n) is 9.66. The van der Waals surface area contributed by atoms with Gasteiger partial charge >= 0.3 is 12.1 Å². The predicted molar refractivity (Wildman–Crippen MR) is 133 cm³/mol. The van der Waals surface area contributed by atoms with Gasteiger partial charge in [0, 0.05) is 12.1 Å². The summed E-state index contributed by atoms with van der Waals surface area (Å²) in [5, 5.41) is 9.88. The number of hydrogen-bond donors (Lipinski definition) is 1. The number of aromatic nitrogens is 1. The first-order valence-corrected chi connectivity index (χ1v) is 11.7. The van der Waals surface area contributed by atoms with Crippen molar-refractivity contribution in [1.82, 2.24) is 9.88 Å². The van der Waals surface area contributed by atoms with Crippen molar-refractivity contribution in [1.29, 1.82) is 0 Å². The van der Waals surface area contributed by atoms with Crippen LogP contribution in [0.1, 0.15) is 61.3 Å². The van der Waals surface area contributed by atoms with Crippen LogP contribution in [-0.4, -0.2) is 39.2 Å². The predicted octanol–water partition coefficient (Wildman–Crippen LogP) is 6.62. The zero-order chi connectivity index (χ0) is 25.2. The quantitative estimate of drug-likeness (QED) is 0.447. The number of pyridine rings is 1. The molecule has 3 aromatic rings. The van der Waals surface area contributed by atoms with Gasteiger partial charge in [0.1, 0.15) is 17.1 Å². The van der Waals surface area contributed by atoms with E-state index in [1.54, 1.807) is 35.2 Å². The van der Waals surface area contributed by atoms with E-state index in [0.717, 1.165) is 18.4 Å². The third kappa shape index (κ3) is 5.62. The maximum atomic E-state index is 12.8. The van der Waals surface area contributed by atoms with Gasteiger partial charge in [-0.05, 0) is 88.6 Å². The highest BCUT2D eigenvalue weighted by atomic mass is 16.6. The lowest BCUT2D eigenvalue weighted by Crippen LogP contribution is -2.37. The number of aromatic carboxylic acids is 1. The van der Waals surface area contributed by atoms with E-state index >= 15 is 0 Å². The number of amides is 1. The number of ether oxygens (including phenoxy) is 2. The molecule has 1 atom stereocenters. The largest absolute Gasteiger partial charge is 0.478 e. The molecule has 2 heterocycles. The molecule has 1 aromatic heterocycles. The van der Waals surface area contributed by atoms with Crippen LogP contribution in [-0.2, 0) is 4.74 Å². The van der Waals surface area contributed by atoms with Crippen molar-refractivity contribution in [2.24, 2.45) is 0 Å². The Labute approximate surface area is 205 Å². The molecule has 0 aliphatic carbocycles. The van der Waals surface area contributed by atoms with Crippen molar-refractivity contribution in [2.45, 2.75) is 52.2 Å². The Balaban J connectivity index is 1.67. The topological polar surface area (TPSA) is 89.0 Å². The molecule has 1 saturated heterocycles. The van der Waals surface area contributed by atoms with Crippen molar-refractivity contribution in [3.8, 4) is 22.8 Å². The Morgan fingerprint density at radius 2 is 1.69 bits per heavy atom. The molecule has 0 bridgehead atoms. The molecule has 1 fully saturated rings. The minimum atomic E-state index is -1.05. The number of aryl methyl sites for hydroxylation is 1. The molecule has 0 saturated carbocycles. The van der Waals surface area contributed by atoms with Gasteiger partial charge < -0.3 is 14.6 Å². The van der Waals surface area contributed by atoms with Crippen LogP contribution in [0.2, 0.25) is 0 Å². The summed E-state index contributed by atoms with van der Waals surface area (Å²) < 4.78 is 11.5. The number of carbonyl (C=O) groups is 2. The molecule has 0 radical (unpaired) electrons. The summed E-state index contributed by atoms with van der Waals surface area (Å²) in [7, 11) is 0. The highest BCUT2D eigenvalue weighted by Gasteiger charge is 2.35. The zero-order valence-electron chi connectivity index (χ0n) is 20.4. The minimum Gasteiger partial charge on any atom is -0.478 e. The lowest BCUT2D eigenvalue weighted by molar-refractivity contribution is 0.0220. The molecule has 1 aliphatic rings. The first-order chi connectivity index (χ1) is 16.6. The van der Waals surface area contributed by atoms with Crippen LogP contribution in [0.25, 0.3) is 11.3 Å². The van der Waals surface area contributed by atoms with Gasteiger partial charge in [-0.25, -0.2) is 14.6 Å². The molecule has 2 aromatic carbocycles. The summed E-state index contributed by atoms with van der Waals surface area (Å²) in [6, 6.07) is 18.0. The number of likely N-dealkylation sites (tertiary alicyclic amines) is 1. The van der Waals surface area contributed by atoms with Crippen molar-refractivity contribution in [3.63, 3.8) is 0 Å². The first-order valence-electron chi connectivity index (χ1n) is 11.7. The van der Waals surface area contributed by atoms with Crippen LogP contribution >= 0.6 is 0 Å². The van der Waals surface area contributed by atoms with E-state index in [2.05, 4.69) is 0 Å². The van der Waals surface area contributed by atoms with Gasteiger partial charge in [-0.3, -0.25) is 4.90 Å². The average molecular weight is 475 g/mol. The number of rotatable bonds is 5. The Hall–Kier alpha value is -3.87. The van der Waals surface area contributed by atoms with Crippen LogP contribution < -0.4 is 4.74 Å². The maximum absolute atomic E-state index is 12.8. The molecule has 1 aliphatic heterocycles. The van der Waals surface area contributed by atoms with Gasteiger partial charge in [-0.2, -0.15) is 0 Å². The number of para-hydroxylation sites is 1. The van der Waals surface area contributed by atoms with Gasteiger partial charge in [0.15, 0.2) is 0 Å². The van der Waals surface area contributed by atoms with Crippen molar-refractivity contribution >= 4 is 12.1 Å². The third-order valence-corrected chi connectivity index (χ3v) is 5.79. The molecule has 7 nitrogen and oxygen atoms in total. The van der Waals surface area contributed by atoms with E-state index in [9.17, 15) is 14.7 Å². The van der Waals surface area contributed by atoms with Crippen molar-refractivity contribution < 1.29 is 24.2 Å². The first kappa shape index (κ1) is 24.3. The van der Waals surface area contributed by atoms with Crippen LogP contribution in [0, 0.1) is 6.92 Å². The van der Waals surface area contributed by atoms with Crippen LogP contribution in [0.15, 0.2) is 60.7 Å². The smallest absolute Gasteiger partial charge is 0.410 e. The summed E-state index contributed by atoms with van der Waals surface area (Å²) in [6.45, 7) is 7.92. The summed E-state index contributed by atoms with van der Waals surface area (Å²) >= 11 is 0. The van der Waals surface area contributed by atoms with Gasteiger partial charge in [-0.15, -0.1) is 0 Å². The summed E-state index contributed by atoms with van der Waals surface area (Å²) in [4.78, 5) is 31.4. The van der Waals surface area contributed by atoms with Crippen molar-refractivity contribution in [2.75, 3.05) is 6.54 Å². The SMILES string of the molecule is Cc1cc(C(=O)O)c(-c2ccc(Oc3ccccc3)cc2)nc1C1CCCN1C(=O)OC(C)(C)C. The van der Waals surface area contributed by atoms with Crippen LogP contribution in [0.3, 0.4) is 0 Å². The van der Waals surface area contributed by atoms with Crippen molar-refractivity contribution in [3.05, 3.63) is 77.5 Å². The molecule has 1 unspecified atom stereocenters. The molecule has 35 heavy (non-hydrogen) atoms. The number of carboxylic acid groups (broad SMARTS) is 1. The summed E-state index contributed by atoms with van der Waals surface area (Å²) in [5.41, 5.74) is 1.96. The Bertz CT molecular complexity index is 1220. The number of carboxylic acids is 1. The number of benzene rings is 2. The molecule has 4 rings (SSSR count). The second kappa shape index (κ2) is 9.78. The summed E-state index contributed by atoms with van der Waals surface area (Å²) in [5.74, 6) is 0.295. The maximum Gasteiger partial charge on any atom is 0.410 e. The van der Waals surface area contributed by atoms with Crippen LogP contribution in [0.4, 0.5) is 4.79 Å². The van der Waals surface area contributed by atoms with E-state index in [1.165, 1.54) is 0 Å². The number of nitrogens with zero attached hydrogens (tertiary/aromatic N) is 2. The molecule has 7 heteroatoms. The fourth-order valence-corrected chi connectivity index (χ4v) is 4.24. The highest BCUT2D eigenvalue weighted by molar-refractivity contribution is 5.95. The Kier molecular flexibility index (Phi) is 6.78. The lowest BCUT2D eigenvalue weighted by atomic mass is 9.99. The fraction of sp³-hybridized carbons (Fsp3) is 0.321. The van der Waals surface area contributed by atoms with E-state index in [0.29, 0.717) is 35.0 Å². The fourth-order valence-electron chi connectivity index (χ4n) is 4.24. The zero-order valence-corrected chi connectivity index (χ0v) is 20.4. The monoisotopic (exact) mass is 474 g/mol. The highest BCUT2D eigenvalue weighted by Crippen LogP contribution is 2.36. The molecular formula is C28H30N2O5. The number of carbonyl (C=O) groups excluding carboxylic acids is 1. The molecule has 0 spiro atoms. The van der Waals surface area contributed by atoms with Gasteiger partial charge in [0.25, 0.3) is 0 Å². The summed E-state index contributed by atoms with van der Waals surface area (Å²) in [6.07, 6.45) is 1.18. The molecule has 182 valence electrons. The normalized spacial score (nSPS) is 15.7. The van der Waals surface area contributed by atoms with Crippen LogP contribution in [0.5, 0.6) is 11.5 Å². The van der Waals surface area contributed by atoms with Gasteiger partial charge in [0.2, 0.25) is 0 Å². The second-order valence-corrected chi connectivity index (χ2v) is 9.66. The third-order valence-electron chi connectivity index (χ3n) is 5.79. The lowest BCUT2D eigenvalue weighted by Gasteiger charge is -2.29. The van der Waals surface area contributed by atoms with Gasteiger partial charge in [0.05, 0.1) is 23.0 Å². The van der Waals surface area contributed by atoms with E-state index in [-0.39, 0.29) is 17.7 Å². The van der Waals surface area contributed by atoms with E-state index in [4.69, 9.17) is 14.5 Å². The molecule has 1 amide bonds. The average Bonchev–Trinajstić information content (AvgIpc) is 3.29. The molecular weight excluding hydrogens is 444 g/mol. The Morgan fingerprint density at radius 3 is 2.31 bits per heavy atom. The van der Waals surface area contributed by atoms with E-state index in [1.807, 2.05) is 58.0 Å². The molecule has 1 N–H and O–H groups in total. The Morgan fingerprint density at radius 1 is 1.03 bits per heavy atom. The standard InChI is InChI=1S/C28H30N2O5/c1-18-17-22(26(31)32)25(19-12-14-21(15-13-19)34-20-9-6-5-7-10-20)29-24(18)23-11-8-16-30(23)27(33)35-28(2,3)4/h5-7,9-10,12-15,17,23H,8,11,16H2,1-4H3,(H,31,32). The number of hydrogen-bond acceptors (Lipinski definition) is 5. The minimum absolute atomic E-state index is 0.116. The van der Waals surface area contributed by atoms with E-state index < -0.39 is 11.6 Å². The van der Waals surface area contributed by atoms with Gasteiger partial charge in [-0.1, -0.05) is 18.2 Å².